The van der Waals surface area contributed by atoms with Gasteiger partial charge in [0.05, 0.1) is 0 Å². The van der Waals surface area contributed by atoms with Gasteiger partial charge in [0.15, 0.2) is 0 Å². The van der Waals surface area contributed by atoms with E-state index in [1.807, 2.05) is 6.07 Å². The number of ether oxygens (including phenoxy) is 1. The van der Waals surface area contributed by atoms with Crippen LogP contribution in [0.4, 0.5) is 4.39 Å². The molecule has 1 fully saturated rings. The van der Waals surface area contributed by atoms with Gasteiger partial charge in [-0.25, -0.2) is 4.39 Å². The summed E-state index contributed by atoms with van der Waals surface area (Å²) in [6.07, 6.45) is 5.95. The van der Waals surface area contributed by atoms with Crippen molar-refractivity contribution in [2.24, 2.45) is 5.92 Å². The molecular weight excluding hydrogens is 367 g/mol. The summed E-state index contributed by atoms with van der Waals surface area (Å²) >= 11 is 0. The summed E-state index contributed by atoms with van der Waals surface area (Å²) < 4.78 is 18.9. The van der Waals surface area contributed by atoms with E-state index in [1.54, 1.807) is 42.5 Å². The first kappa shape index (κ1) is 20.6. The van der Waals surface area contributed by atoms with Crippen molar-refractivity contribution >= 4 is 12.0 Å². The summed E-state index contributed by atoms with van der Waals surface area (Å²) in [6.45, 7) is 2.40. The predicted molar refractivity (Wildman–Crippen MR) is 110 cm³/mol. The Morgan fingerprint density at radius 1 is 1.24 bits per heavy atom. The van der Waals surface area contributed by atoms with Crippen LogP contribution in [0.25, 0.3) is 6.08 Å². The maximum absolute atomic E-state index is 13.2. The molecule has 1 N–H and O–H groups in total. The second-order valence-corrected chi connectivity index (χ2v) is 7.50. The van der Waals surface area contributed by atoms with Crippen LogP contribution in [0.2, 0.25) is 0 Å². The standard InChI is InChI=1S/C24H25FN2O2/c1-17-5-2-3-8-23(17)27-24(28)20(15-26)13-18-9-11-22(12-10-18)29-16-19-6-4-7-21(25)14-19/h4,6-7,9-14,17,23H,2-3,5,8,16H2,1H3,(H,27,28)/b20-13+/t17-,23+/m1/s1. The van der Waals surface area contributed by atoms with E-state index in [0.29, 0.717) is 11.7 Å². The van der Waals surface area contributed by atoms with E-state index in [0.717, 1.165) is 30.4 Å². The highest BCUT2D eigenvalue weighted by Crippen LogP contribution is 2.24. The Hall–Kier alpha value is -3.13. The molecule has 150 valence electrons. The summed E-state index contributed by atoms with van der Waals surface area (Å²) in [6, 6.07) is 15.5. The molecule has 0 radical (unpaired) electrons. The van der Waals surface area contributed by atoms with E-state index in [1.165, 1.54) is 18.6 Å². The van der Waals surface area contributed by atoms with Gasteiger partial charge in [-0.2, -0.15) is 5.26 Å². The molecule has 0 bridgehead atoms. The van der Waals surface area contributed by atoms with Crippen LogP contribution in [-0.4, -0.2) is 11.9 Å². The number of hydrogen-bond acceptors (Lipinski definition) is 3. The van der Waals surface area contributed by atoms with Crippen LogP contribution in [0.3, 0.4) is 0 Å². The van der Waals surface area contributed by atoms with Gasteiger partial charge >= 0.3 is 0 Å². The highest BCUT2D eigenvalue weighted by atomic mass is 19.1. The van der Waals surface area contributed by atoms with E-state index in [-0.39, 0.29) is 29.9 Å². The first-order valence-corrected chi connectivity index (χ1v) is 9.95. The number of carbonyl (C=O) groups excluding carboxylic acids is 1. The normalized spacial score (nSPS) is 19.3. The van der Waals surface area contributed by atoms with Gasteiger partial charge in [-0.15, -0.1) is 0 Å². The minimum atomic E-state index is -0.322. The fourth-order valence-electron chi connectivity index (χ4n) is 3.55. The zero-order valence-electron chi connectivity index (χ0n) is 16.5. The van der Waals surface area contributed by atoms with Crippen molar-refractivity contribution in [3.63, 3.8) is 0 Å². The monoisotopic (exact) mass is 392 g/mol. The van der Waals surface area contributed by atoms with Crippen molar-refractivity contribution in [3.05, 3.63) is 71.0 Å². The van der Waals surface area contributed by atoms with Crippen LogP contribution in [0, 0.1) is 23.1 Å². The highest BCUT2D eigenvalue weighted by Gasteiger charge is 2.24. The van der Waals surface area contributed by atoms with E-state index < -0.39 is 0 Å². The SMILES string of the molecule is C[C@@H]1CCCC[C@@H]1NC(=O)/C(C#N)=C/c1ccc(OCc2cccc(F)c2)cc1. The third-order valence-electron chi connectivity index (χ3n) is 5.28. The molecule has 0 aliphatic heterocycles. The second-order valence-electron chi connectivity index (χ2n) is 7.50. The molecule has 29 heavy (non-hydrogen) atoms. The van der Waals surface area contributed by atoms with Gasteiger partial charge in [-0.05, 0) is 60.2 Å². The lowest BCUT2D eigenvalue weighted by molar-refractivity contribution is -0.118. The van der Waals surface area contributed by atoms with Gasteiger partial charge in [0, 0.05) is 6.04 Å². The molecule has 2 atom stereocenters. The fourth-order valence-corrected chi connectivity index (χ4v) is 3.55. The molecule has 0 heterocycles. The van der Waals surface area contributed by atoms with Crippen molar-refractivity contribution in [1.82, 2.24) is 5.32 Å². The molecule has 0 saturated heterocycles. The number of halogens is 1. The number of nitrogens with zero attached hydrogens (tertiary/aromatic N) is 1. The predicted octanol–water partition coefficient (Wildman–Crippen LogP) is 5.01. The molecule has 0 aromatic heterocycles. The molecular formula is C24H25FN2O2. The molecule has 2 aromatic rings. The van der Waals surface area contributed by atoms with Gasteiger partial charge in [-0.1, -0.05) is 44.0 Å². The van der Waals surface area contributed by atoms with Crippen molar-refractivity contribution in [3.8, 4) is 11.8 Å². The average molecular weight is 392 g/mol. The number of hydrogen-bond donors (Lipinski definition) is 1. The summed E-state index contributed by atoms with van der Waals surface area (Å²) in [7, 11) is 0. The van der Waals surface area contributed by atoms with Gasteiger partial charge < -0.3 is 10.1 Å². The lowest BCUT2D eigenvalue weighted by Crippen LogP contribution is -2.41. The maximum atomic E-state index is 13.2. The molecule has 3 rings (SSSR count). The van der Waals surface area contributed by atoms with E-state index in [9.17, 15) is 14.4 Å². The molecule has 1 saturated carbocycles. The zero-order chi connectivity index (χ0) is 20.6. The first-order valence-electron chi connectivity index (χ1n) is 9.95. The molecule has 2 aromatic carbocycles. The van der Waals surface area contributed by atoms with Crippen molar-refractivity contribution in [1.29, 1.82) is 5.26 Å². The van der Waals surface area contributed by atoms with E-state index >= 15 is 0 Å². The number of nitrogens with one attached hydrogen (secondary N) is 1. The summed E-state index contributed by atoms with van der Waals surface area (Å²) in [4.78, 5) is 12.5. The highest BCUT2D eigenvalue weighted by molar-refractivity contribution is 6.01. The van der Waals surface area contributed by atoms with Crippen molar-refractivity contribution < 1.29 is 13.9 Å². The average Bonchev–Trinajstić information content (AvgIpc) is 2.73. The Labute approximate surface area is 171 Å². The number of benzene rings is 2. The second kappa shape index (κ2) is 9.88. The topological polar surface area (TPSA) is 62.1 Å². The number of carbonyl (C=O) groups is 1. The Kier molecular flexibility index (Phi) is 7.02. The number of nitriles is 1. The minimum Gasteiger partial charge on any atom is -0.489 e. The van der Waals surface area contributed by atoms with Crippen LogP contribution >= 0.6 is 0 Å². The van der Waals surface area contributed by atoms with E-state index in [2.05, 4.69) is 12.2 Å². The Bertz CT molecular complexity index is 915. The fraction of sp³-hybridized carbons (Fsp3) is 0.333. The van der Waals surface area contributed by atoms with Crippen molar-refractivity contribution in [2.75, 3.05) is 0 Å². The summed E-state index contributed by atoms with van der Waals surface area (Å²) in [5.74, 6) is 0.446. The number of rotatable bonds is 6. The Morgan fingerprint density at radius 2 is 2.00 bits per heavy atom. The first-order chi connectivity index (χ1) is 14.0. The summed E-state index contributed by atoms with van der Waals surface area (Å²) in [5.41, 5.74) is 1.58. The van der Waals surface area contributed by atoms with Crippen molar-refractivity contribution in [2.45, 2.75) is 45.3 Å². The lowest BCUT2D eigenvalue weighted by atomic mass is 9.86. The molecule has 1 aliphatic carbocycles. The van der Waals surface area contributed by atoms with Gasteiger partial charge in [0.2, 0.25) is 0 Å². The molecule has 1 aliphatic rings. The Balaban J connectivity index is 1.60. The van der Waals surface area contributed by atoms with Gasteiger partial charge in [0.25, 0.3) is 5.91 Å². The van der Waals surface area contributed by atoms with Crippen LogP contribution in [0.1, 0.15) is 43.7 Å². The minimum absolute atomic E-state index is 0.0937. The Morgan fingerprint density at radius 3 is 2.69 bits per heavy atom. The zero-order valence-corrected chi connectivity index (χ0v) is 16.5. The third-order valence-corrected chi connectivity index (χ3v) is 5.28. The molecule has 1 amide bonds. The van der Waals surface area contributed by atoms with Crippen LogP contribution in [-0.2, 0) is 11.4 Å². The van der Waals surface area contributed by atoms with Crippen LogP contribution in [0.5, 0.6) is 5.75 Å². The molecule has 4 nitrogen and oxygen atoms in total. The maximum Gasteiger partial charge on any atom is 0.262 e. The van der Waals surface area contributed by atoms with E-state index in [4.69, 9.17) is 4.74 Å². The van der Waals surface area contributed by atoms with Gasteiger partial charge in [-0.3, -0.25) is 4.79 Å². The van der Waals surface area contributed by atoms with Crippen LogP contribution in [0.15, 0.2) is 54.1 Å². The molecule has 5 heteroatoms. The molecule has 0 unspecified atom stereocenters. The quantitative estimate of drug-likeness (QED) is 0.555. The van der Waals surface area contributed by atoms with Crippen LogP contribution < -0.4 is 10.1 Å². The third kappa shape index (κ3) is 5.92. The summed E-state index contributed by atoms with van der Waals surface area (Å²) in [5, 5.41) is 12.4. The lowest BCUT2D eigenvalue weighted by Gasteiger charge is -2.29. The smallest absolute Gasteiger partial charge is 0.262 e. The van der Waals surface area contributed by atoms with Gasteiger partial charge in [0.1, 0.15) is 29.8 Å². The molecule has 0 spiro atoms. The largest absolute Gasteiger partial charge is 0.489 e. The number of amides is 1.